The molecule has 2 aromatic heterocycles. The summed E-state index contributed by atoms with van der Waals surface area (Å²) in [6, 6.07) is 8.07. The van der Waals surface area contributed by atoms with Crippen LogP contribution in [-0.2, 0) is 0 Å². The van der Waals surface area contributed by atoms with E-state index in [1.54, 1.807) is 18.3 Å². The molecule has 1 aliphatic carbocycles. The van der Waals surface area contributed by atoms with E-state index in [2.05, 4.69) is 20.6 Å². The predicted octanol–water partition coefficient (Wildman–Crippen LogP) is 2.88. The molecule has 156 valence electrons. The van der Waals surface area contributed by atoms with Gasteiger partial charge in [0.15, 0.2) is 11.6 Å². The number of benzene rings is 1. The van der Waals surface area contributed by atoms with Crippen molar-refractivity contribution in [3.63, 3.8) is 0 Å². The van der Waals surface area contributed by atoms with Crippen LogP contribution in [0.1, 0.15) is 36.0 Å². The van der Waals surface area contributed by atoms with E-state index < -0.39 is 11.7 Å². The van der Waals surface area contributed by atoms with E-state index in [-0.39, 0.29) is 29.3 Å². The molecule has 8 N–H and O–H groups in total. The zero-order valence-corrected chi connectivity index (χ0v) is 16.4. The molecule has 4 rings (SSSR count). The average Bonchev–Trinajstić information content (AvgIpc) is 2.71. The number of halogens is 1. The molecular weight excluding hydrogens is 385 g/mol. The largest absolute Gasteiger partial charge is 0.397 e. The molecule has 1 aromatic carbocycles. The summed E-state index contributed by atoms with van der Waals surface area (Å²) in [5.74, 6) is -1.28. The number of carbonyl (C=O) groups is 1. The number of fused-ring (bicyclic) bond motifs is 1. The van der Waals surface area contributed by atoms with Crippen molar-refractivity contribution in [2.75, 3.05) is 16.4 Å². The van der Waals surface area contributed by atoms with Crippen molar-refractivity contribution in [3.8, 4) is 0 Å². The molecule has 3 aromatic rings. The molecule has 0 saturated heterocycles. The molecule has 1 saturated carbocycles. The van der Waals surface area contributed by atoms with Gasteiger partial charge in [-0.15, -0.1) is 0 Å². The van der Waals surface area contributed by atoms with Crippen LogP contribution in [0.15, 0.2) is 36.5 Å². The fourth-order valence-electron chi connectivity index (χ4n) is 3.82. The number of anilines is 4. The van der Waals surface area contributed by atoms with E-state index in [0.717, 1.165) is 37.1 Å². The number of nitrogens with two attached hydrogens (primary N) is 3. The van der Waals surface area contributed by atoms with E-state index in [9.17, 15) is 9.18 Å². The number of aromatic nitrogens is 2. The molecule has 1 fully saturated rings. The second kappa shape index (κ2) is 8.11. The summed E-state index contributed by atoms with van der Waals surface area (Å²) in [5.41, 5.74) is 19.4. The molecule has 8 nitrogen and oxygen atoms in total. The van der Waals surface area contributed by atoms with Crippen LogP contribution in [0.5, 0.6) is 0 Å². The van der Waals surface area contributed by atoms with Crippen LogP contribution in [0.25, 0.3) is 10.9 Å². The average molecular weight is 409 g/mol. The van der Waals surface area contributed by atoms with Crippen molar-refractivity contribution < 1.29 is 9.18 Å². The highest BCUT2D eigenvalue weighted by atomic mass is 19.1. The number of rotatable bonds is 5. The first-order valence-corrected chi connectivity index (χ1v) is 9.86. The number of pyridine rings is 2. The van der Waals surface area contributed by atoms with Gasteiger partial charge in [-0.1, -0.05) is 18.9 Å². The van der Waals surface area contributed by atoms with E-state index >= 15 is 0 Å². The summed E-state index contributed by atoms with van der Waals surface area (Å²) in [4.78, 5) is 20.5. The number of primary amides is 1. The van der Waals surface area contributed by atoms with Crippen LogP contribution in [-0.4, -0.2) is 28.0 Å². The molecule has 9 heteroatoms. The normalized spacial score (nSPS) is 18.9. The molecule has 30 heavy (non-hydrogen) atoms. The Hall–Kier alpha value is -3.46. The molecule has 1 amide bonds. The third-order valence-electron chi connectivity index (χ3n) is 5.38. The highest BCUT2D eigenvalue weighted by Gasteiger charge is 2.24. The van der Waals surface area contributed by atoms with Crippen molar-refractivity contribution in [1.82, 2.24) is 9.97 Å². The first kappa shape index (κ1) is 19.8. The maximum Gasteiger partial charge on any atom is 0.252 e. The molecule has 0 spiro atoms. The maximum absolute atomic E-state index is 14.7. The monoisotopic (exact) mass is 409 g/mol. The number of hydrogen-bond acceptors (Lipinski definition) is 7. The Morgan fingerprint density at radius 2 is 1.97 bits per heavy atom. The van der Waals surface area contributed by atoms with Crippen LogP contribution in [0, 0.1) is 5.82 Å². The number of hydrogen-bond donors (Lipinski definition) is 5. The summed E-state index contributed by atoms with van der Waals surface area (Å²) in [6.07, 6.45) is 5.43. The van der Waals surface area contributed by atoms with Crippen LogP contribution in [0.2, 0.25) is 0 Å². The van der Waals surface area contributed by atoms with Crippen molar-refractivity contribution in [2.45, 2.75) is 37.8 Å². The topological polar surface area (TPSA) is 145 Å². The fraction of sp³-hybridized carbons (Fsp3) is 0.286. The third kappa shape index (κ3) is 3.97. The van der Waals surface area contributed by atoms with Gasteiger partial charge in [0.25, 0.3) is 5.91 Å². The Bertz CT molecular complexity index is 1100. The Kier molecular flexibility index (Phi) is 5.37. The van der Waals surface area contributed by atoms with E-state index in [1.807, 2.05) is 12.1 Å². The first-order chi connectivity index (χ1) is 14.4. The van der Waals surface area contributed by atoms with Gasteiger partial charge in [0.05, 0.1) is 16.8 Å². The molecule has 0 aliphatic heterocycles. The van der Waals surface area contributed by atoms with Gasteiger partial charge in [-0.3, -0.25) is 9.78 Å². The van der Waals surface area contributed by atoms with Crippen LogP contribution in [0.3, 0.4) is 0 Å². The minimum atomic E-state index is -0.791. The molecule has 2 atom stereocenters. The summed E-state index contributed by atoms with van der Waals surface area (Å²) >= 11 is 0. The molecule has 2 heterocycles. The maximum atomic E-state index is 14.7. The lowest BCUT2D eigenvalue weighted by Gasteiger charge is -2.30. The zero-order valence-electron chi connectivity index (χ0n) is 16.4. The molecule has 1 aliphatic rings. The number of nitrogen functional groups attached to an aromatic ring is 1. The standard InChI is InChI=1S/C21H24FN7O/c22-14-10-13(19(25)30)20(29-21(14)28-17-6-2-1-5-15(17)23)27-12-8-11-4-3-7-26-18(11)16(24)9-12/h3-4,7-10,15,17H,1-2,5-6,23-24H2,(H2,25,30)(H2,27,28,29)/t15-,17+/m0/s1. The quantitative estimate of drug-likeness (QED) is 0.407. The second-order valence-electron chi connectivity index (χ2n) is 7.54. The van der Waals surface area contributed by atoms with Gasteiger partial charge in [-0.05, 0) is 37.1 Å². The Morgan fingerprint density at radius 3 is 2.73 bits per heavy atom. The fourth-order valence-corrected chi connectivity index (χ4v) is 3.82. The van der Waals surface area contributed by atoms with Gasteiger partial charge in [-0.2, -0.15) is 0 Å². The Morgan fingerprint density at radius 1 is 1.17 bits per heavy atom. The first-order valence-electron chi connectivity index (χ1n) is 9.86. The summed E-state index contributed by atoms with van der Waals surface area (Å²) in [6.45, 7) is 0. The molecule has 0 radical (unpaired) electrons. The number of nitrogens with one attached hydrogen (secondary N) is 2. The third-order valence-corrected chi connectivity index (χ3v) is 5.38. The molecular formula is C21H24FN7O. The minimum Gasteiger partial charge on any atom is -0.397 e. The van der Waals surface area contributed by atoms with Gasteiger partial charge < -0.3 is 27.8 Å². The van der Waals surface area contributed by atoms with Crippen LogP contribution in [0.4, 0.5) is 27.4 Å². The lowest BCUT2D eigenvalue weighted by molar-refractivity contribution is 0.100. The van der Waals surface area contributed by atoms with Gasteiger partial charge >= 0.3 is 0 Å². The van der Waals surface area contributed by atoms with Crippen LogP contribution < -0.4 is 27.8 Å². The second-order valence-corrected chi connectivity index (χ2v) is 7.54. The van der Waals surface area contributed by atoms with Crippen molar-refractivity contribution in [2.24, 2.45) is 11.5 Å². The minimum absolute atomic E-state index is 0.0280. The number of nitrogens with zero attached hydrogens (tertiary/aromatic N) is 2. The van der Waals surface area contributed by atoms with Gasteiger partial charge in [-0.25, -0.2) is 9.37 Å². The van der Waals surface area contributed by atoms with Gasteiger partial charge in [0, 0.05) is 29.4 Å². The Balaban J connectivity index is 1.70. The smallest absolute Gasteiger partial charge is 0.252 e. The van der Waals surface area contributed by atoms with Crippen molar-refractivity contribution in [1.29, 1.82) is 0 Å². The van der Waals surface area contributed by atoms with E-state index in [1.165, 1.54) is 0 Å². The SMILES string of the molecule is NC(=O)c1cc(F)c(N[C@@H]2CCCC[C@@H]2N)nc1Nc1cc(N)c2ncccc2c1. The highest BCUT2D eigenvalue weighted by molar-refractivity contribution is 5.99. The van der Waals surface area contributed by atoms with Crippen LogP contribution >= 0.6 is 0 Å². The lowest BCUT2D eigenvalue weighted by atomic mass is 9.91. The summed E-state index contributed by atoms with van der Waals surface area (Å²) in [7, 11) is 0. The van der Waals surface area contributed by atoms with Crippen molar-refractivity contribution >= 4 is 39.8 Å². The van der Waals surface area contributed by atoms with E-state index in [4.69, 9.17) is 17.2 Å². The highest BCUT2D eigenvalue weighted by Crippen LogP contribution is 2.29. The lowest BCUT2D eigenvalue weighted by Crippen LogP contribution is -2.43. The summed E-state index contributed by atoms with van der Waals surface area (Å²) < 4.78 is 14.7. The Labute approximate surface area is 173 Å². The number of amides is 1. The number of carbonyl (C=O) groups excluding carboxylic acids is 1. The predicted molar refractivity (Wildman–Crippen MR) is 116 cm³/mol. The summed E-state index contributed by atoms with van der Waals surface area (Å²) in [5, 5.41) is 6.95. The van der Waals surface area contributed by atoms with E-state index in [0.29, 0.717) is 16.9 Å². The molecule has 0 unspecified atom stereocenters. The zero-order chi connectivity index (χ0) is 21.3. The molecule has 0 bridgehead atoms. The van der Waals surface area contributed by atoms with Gasteiger partial charge in [0.1, 0.15) is 5.82 Å². The van der Waals surface area contributed by atoms with Crippen molar-refractivity contribution in [3.05, 3.63) is 47.9 Å². The van der Waals surface area contributed by atoms with Gasteiger partial charge in [0.2, 0.25) is 0 Å².